The highest BCUT2D eigenvalue weighted by Gasteiger charge is 2.26. The first-order valence-corrected chi connectivity index (χ1v) is 7.00. The Bertz CT molecular complexity index is 288. The normalized spacial score (nSPS) is 25.7. The molecule has 1 amide bonds. The van der Waals surface area contributed by atoms with Gasteiger partial charge in [-0.15, -0.1) is 6.58 Å². The molecule has 0 bridgehead atoms. The first kappa shape index (κ1) is 13.6. The predicted molar refractivity (Wildman–Crippen MR) is 71.4 cm³/mol. The highest BCUT2D eigenvalue weighted by molar-refractivity contribution is 5.78. The van der Waals surface area contributed by atoms with Crippen LogP contribution >= 0.6 is 0 Å². The van der Waals surface area contributed by atoms with E-state index in [1.165, 1.54) is 6.42 Å². The molecule has 18 heavy (non-hydrogen) atoms. The molecule has 2 heterocycles. The molecule has 0 saturated carbocycles. The van der Waals surface area contributed by atoms with E-state index in [1.54, 1.807) is 0 Å². The van der Waals surface area contributed by atoms with Gasteiger partial charge in [0, 0.05) is 38.5 Å². The van der Waals surface area contributed by atoms with Crippen molar-refractivity contribution in [1.29, 1.82) is 0 Å². The van der Waals surface area contributed by atoms with Crippen LogP contribution in [0.3, 0.4) is 0 Å². The van der Waals surface area contributed by atoms with Crippen molar-refractivity contribution >= 4 is 5.91 Å². The third-order valence-corrected chi connectivity index (χ3v) is 3.83. The van der Waals surface area contributed by atoms with Crippen LogP contribution in [-0.2, 0) is 9.53 Å². The molecule has 2 rings (SSSR count). The van der Waals surface area contributed by atoms with E-state index >= 15 is 0 Å². The summed E-state index contributed by atoms with van der Waals surface area (Å²) in [5, 5.41) is 0. The number of nitrogens with zero attached hydrogens (tertiary/aromatic N) is 2. The molecule has 0 aromatic heterocycles. The Morgan fingerprint density at radius 3 is 2.67 bits per heavy atom. The second-order valence-electron chi connectivity index (χ2n) is 5.20. The number of ether oxygens (including phenoxy) is 1. The van der Waals surface area contributed by atoms with Gasteiger partial charge in [-0.2, -0.15) is 0 Å². The van der Waals surface area contributed by atoms with Crippen molar-refractivity contribution in [2.45, 2.75) is 19.3 Å². The molecule has 0 spiro atoms. The van der Waals surface area contributed by atoms with Gasteiger partial charge in [-0.3, -0.25) is 9.69 Å². The van der Waals surface area contributed by atoms with Crippen LogP contribution in [0.25, 0.3) is 0 Å². The lowest BCUT2D eigenvalue weighted by atomic mass is 10.1. The fourth-order valence-corrected chi connectivity index (χ4v) is 2.64. The van der Waals surface area contributed by atoms with Crippen LogP contribution in [0.15, 0.2) is 12.7 Å². The quantitative estimate of drug-likeness (QED) is 0.525. The van der Waals surface area contributed by atoms with Gasteiger partial charge in [0.2, 0.25) is 5.91 Å². The van der Waals surface area contributed by atoms with E-state index in [-0.39, 0.29) is 0 Å². The summed E-state index contributed by atoms with van der Waals surface area (Å²) in [6, 6.07) is 0. The minimum absolute atomic E-state index is 0.297. The Labute approximate surface area is 110 Å². The van der Waals surface area contributed by atoms with Crippen molar-refractivity contribution < 1.29 is 9.53 Å². The molecular formula is C14H24N2O2. The lowest BCUT2D eigenvalue weighted by Crippen LogP contribution is -2.37. The van der Waals surface area contributed by atoms with Crippen LogP contribution in [0.5, 0.6) is 0 Å². The van der Waals surface area contributed by atoms with E-state index in [0.29, 0.717) is 18.2 Å². The molecule has 1 atom stereocenters. The minimum atomic E-state index is 0.297. The average Bonchev–Trinajstić information content (AvgIpc) is 2.77. The summed E-state index contributed by atoms with van der Waals surface area (Å²) in [4.78, 5) is 16.1. The summed E-state index contributed by atoms with van der Waals surface area (Å²) in [7, 11) is 0. The third kappa shape index (κ3) is 3.82. The summed E-state index contributed by atoms with van der Waals surface area (Å²) in [6.45, 7) is 10.5. The van der Waals surface area contributed by atoms with Crippen LogP contribution in [-0.4, -0.2) is 61.6 Å². The summed E-state index contributed by atoms with van der Waals surface area (Å²) in [6.07, 6.45) is 4.84. The predicted octanol–water partition coefficient (Wildman–Crippen LogP) is 1.13. The van der Waals surface area contributed by atoms with Gasteiger partial charge in [-0.05, 0) is 19.4 Å². The van der Waals surface area contributed by atoms with Crippen LogP contribution < -0.4 is 0 Å². The second kappa shape index (κ2) is 6.90. The van der Waals surface area contributed by atoms with E-state index in [2.05, 4.69) is 11.5 Å². The number of carbonyl (C=O) groups excluding carboxylic acids is 1. The SMILES string of the molecule is C=CC1CC(=O)N(CCCCN2CCOCC2)C1. The molecule has 0 N–H and O–H groups in total. The fourth-order valence-electron chi connectivity index (χ4n) is 2.64. The number of hydrogen-bond acceptors (Lipinski definition) is 3. The summed E-state index contributed by atoms with van der Waals surface area (Å²) < 4.78 is 5.32. The van der Waals surface area contributed by atoms with Gasteiger partial charge in [-0.25, -0.2) is 0 Å². The van der Waals surface area contributed by atoms with Crippen molar-refractivity contribution in [2.24, 2.45) is 5.92 Å². The molecule has 0 aromatic carbocycles. The van der Waals surface area contributed by atoms with Crippen molar-refractivity contribution in [3.63, 3.8) is 0 Å². The maximum absolute atomic E-state index is 11.7. The topological polar surface area (TPSA) is 32.8 Å². The van der Waals surface area contributed by atoms with Gasteiger partial charge in [0.25, 0.3) is 0 Å². The number of carbonyl (C=O) groups is 1. The monoisotopic (exact) mass is 252 g/mol. The number of hydrogen-bond donors (Lipinski definition) is 0. The van der Waals surface area contributed by atoms with Crippen molar-refractivity contribution in [3.8, 4) is 0 Å². The Hall–Kier alpha value is -0.870. The summed E-state index contributed by atoms with van der Waals surface area (Å²) in [5.74, 6) is 0.669. The average molecular weight is 252 g/mol. The van der Waals surface area contributed by atoms with E-state index in [9.17, 15) is 4.79 Å². The smallest absolute Gasteiger partial charge is 0.223 e. The lowest BCUT2D eigenvalue weighted by Gasteiger charge is -2.26. The van der Waals surface area contributed by atoms with E-state index in [1.807, 2.05) is 11.0 Å². The van der Waals surface area contributed by atoms with Crippen molar-refractivity contribution in [1.82, 2.24) is 9.80 Å². The maximum Gasteiger partial charge on any atom is 0.223 e. The Balaban J connectivity index is 1.57. The molecule has 2 saturated heterocycles. The molecule has 102 valence electrons. The zero-order valence-corrected chi connectivity index (χ0v) is 11.1. The molecule has 4 nitrogen and oxygen atoms in total. The van der Waals surface area contributed by atoms with Gasteiger partial charge in [0.15, 0.2) is 0 Å². The fraction of sp³-hybridized carbons (Fsp3) is 0.786. The third-order valence-electron chi connectivity index (χ3n) is 3.83. The van der Waals surface area contributed by atoms with Gasteiger partial charge in [0.1, 0.15) is 0 Å². The van der Waals surface area contributed by atoms with Gasteiger partial charge in [0.05, 0.1) is 13.2 Å². The molecule has 0 aliphatic carbocycles. The van der Waals surface area contributed by atoms with Crippen LogP contribution in [0.1, 0.15) is 19.3 Å². The Morgan fingerprint density at radius 2 is 2.00 bits per heavy atom. The zero-order valence-electron chi connectivity index (χ0n) is 11.1. The molecule has 1 unspecified atom stereocenters. The van der Waals surface area contributed by atoms with E-state index in [0.717, 1.165) is 52.4 Å². The summed E-state index contributed by atoms with van der Waals surface area (Å²) in [5.41, 5.74) is 0. The Kier molecular flexibility index (Phi) is 5.20. The molecular weight excluding hydrogens is 228 g/mol. The van der Waals surface area contributed by atoms with E-state index in [4.69, 9.17) is 4.74 Å². The standard InChI is InChI=1S/C14H24N2O2/c1-2-13-11-14(17)16(12-13)6-4-3-5-15-7-9-18-10-8-15/h2,13H,1,3-12H2. The number of rotatable bonds is 6. The van der Waals surface area contributed by atoms with Gasteiger partial charge >= 0.3 is 0 Å². The van der Waals surface area contributed by atoms with Crippen LogP contribution in [0, 0.1) is 5.92 Å². The van der Waals surface area contributed by atoms with Gasteiger partial charge < -0.3 is 9.64 Å². The lowest BCUT2D eigenvalue weighted by molar-refractivity contribution is -0.127. The minimum Gasteiger partial charge on any atom is -0.379 e. The number of amides is 1. The molecule has 0 radical (unpaired) electrons. The largest absolute Gasteiger partial charge is 0.379 e. The van der Waals surface area contributed by atoms with Crippen LogP contribution in [0.4, 0.5) is 0 Å². The molecule has 2 aliphatic rings. The zero-order chi connectivity index (χ0) is 12.8. The molecule has 2 fully saturated rings. The molecule has 4 heteroatoms. The second-order valence-corrected chi connectivity index (χ2v) is 5.20. The molecule has 2 aliphatic heterocycles. The van der Waals surface area contributed by atoms with E-state index < -0.39 is 0 Å². The highest BCUT2D eigenvalue weighted by Crippen LogP contribution is 2.18. The number of unbranched alkanes of at least 4 members (excludes halogenated alkanes) is 1. The first-order chi connectivity index (χ1) is 8.79. The Morgan fingerprint density at radius 1 is 1.28 bits per heavy atom. The highest BCUT2D eigenvalue weighted by atomic mass is 16.5. The number of morpholine rings is 1. The number of likely N-dealkylation sites (tertiary alicyclic amines) is 1. The molecule has 0 aromatic rings. The van der Waals surface area contributed by atoms with Crippen LogP contribution in [0.2, 0.25) is 0 Å². The van der Waals surface area contributed by atoms with Crippen molar-refractivity contribution in [3.05, 3.63) is 12.7 Å². The van der Waals surface area contributed by atoms with Gasteiger partial charge in [-0.1, -0.05) is 6.08 Å². The summed E-state index contributed by atoms with van der Waals surface area (Å²) >= 11 is 0. The van der Waals surface area contributed by atoms with Crippen molar-refractivity contribution in [2.75, 3.05) is 45.9 Å². The first-order valence-electron chi connectivity index (χ1n) is 7.00. The maximum atomic E-state index is 11.7.